The normalized spacial score (nSPS) is 15.3. The Bertz CT molecular complexity index is 1120. The molecule has 1 saturated heterocycles. The van der Waals surface area contributed by atoms with E-state index in [2.05, 4.69) is 20.8 Å². The van der Waals surface area contributed by atoms with E-state index in [-0.39, 0.29) is 11.9 Å². The molecule has 2 aromatic carbocycles. The van der Waals surface area contributed by atoms with Crippen LogP contribution in [0.5, 0.6) is 11.5 Å². The number of hydrogen-bond acceptors (Lipinski definition) is 7. The van der Waals surface area contributed by atoms with E-state index in [0.29, 0.717) is 40.3 Å². The van der Waals surface area contributed by atoms with Crippen LogP contribution in [0.1, 0.15) is 12.8 Å². The number of nitrogens with zero attached hydrogens (tertiary/aromatic N) is 3. The first-order valence-electron chi connectivity index (χ1n) is 10.1. The molecule has 0 saturated carbocycles. The molecule has 1 fully saturated rings. The summed E-state index contributed by atoms with van der Waals surface area (Å²) in [4.78, 5) is 27.2. The van der Waals surface area contributed by atoms with Crippen LogP contribution in [0.15, 0.2) is 48.5 Å². The Morgan fingerprint density at radius 3 is 2.56 bits per heavy atom. The summed E-state index contributed by atoms with van der Waals surface area (Å²) >= 11 is 1.27. The monoisotopic (exact) mass is 453 g/mol. The number of rotatable bonds is 6. The molecule has 166 valence electrons. The average molecular weight is 454 g/mol. The minimum absolute atomic E-state index is 0.281. The number of carbonyl (C=O) groups is 2. The Morgan fingerprint density at radius 2 is 1.78 bits per heavy atom. The predicted octanol–water partition coefficient (Wildman–Crippen LogP) is 3.86. The SMILES string of the molecule is COc1cccc(NC(=O)N2CCCC2C(=O)Nc2nnc(-c3cccc(OC)c3)s2)c1. The molecule has 2 heterocycles. The van der Waals surface area contributed by atoms with E-state index in [1.54, 1.807) is 43.4 Å². The number of anilines is 2. The van der Waals surface area contributed by atoms with Crippen LogP contribution in [0.4, 0.5) is 15.6 Å². The number of ether oxygens (including phenoxy) is 2. The molecule has 32 heavy (non-hydrogen) atoms. The van der Waals surface area contributed by atoms with Crippen molar-refractivity contribution < 1.29 is 19.1 Å². The van der Waals surface area contributed by atoms with Gasteiger partial charge in [0, 0.05) is 23.9 Å². The van der Waals surface area contributed by atoms with Gasteiger partial charge in [0.1, 0.15) is 22.5 Å². The number of carbonyl (C=O) groups excluding carboxylic acids is 2. The molecule has 4 rings (SSSR count). The predicted molar refractivity (Wildman–Crippen MR) is 122 cm³/mol. The van der Waals surface area contributed by atoms with Gasteiger partial charge >= 0.3 is 6.03 Å². The number of nitrogens with one attached hydrogen (secondary N) is 2. The molecule has 9 nitrogen and oxygen atoms in total. The summed E-state index contributed by atoms with van der Waals surface area (Å²) in [5.41, 5.74) is 1.45. The second-order valence-electron chi connectivity index (χ2n) is 7.15. The highest BCUT2D eigenvalue weighted by Gasteiger charge is 2.34. The highest BCUT2D eigenvalue weighted by molar-refractivity contribution is 7.18. The Morgan fingerprint density at radius 1 is 1.03 bits per heavy atom. The van der Waals surface area contributed by atoms with Gasteiger partial charge in [0.15, 0.2) is 0 Å². The maximum absolute atomic E-state index is 12.9. The minimum Gasteiger partial charge on any atom is -0.497 e. The lowest BCUT2D eigenvalue weighted by Crippen LogP contribution is -2.45. The first kappa shape index (κ1) is 21.6. The highest BCUT2D eigenvalue weighted by atomic mass is 32.1. The van der Waals surface area contributed by atoms with Crippen molar-refractivity contribution in [1.29, 1.82) is 0 Å². The quantitative estimate of drug-likeness (QED) is 0.587. The van der Waals surface area contributed by atoms with Gasteiger partial charge < -0.3 is 19.7 Å². The molecule has 3 amide bonds. The Kier molecular flexibility index (Phi) is 6.50. The first-order valence-corrected chi connectivity index (χ1v) is 10.9. The van der Waals surface area contributed by atoms with Crippen LogP contribution >= 0.6 is 11.3 Å². The summed E-state index contributed by atoms with van der Waals surface area (Å²) in [5.74, 6) is 1.07. The van der Waals surface area contributed by atoms with Crippen molar-refractivity contribution in [2.24, 2.45) is 0 Å². The largest absolute Gasteiger partial charge is 0.497 e. The third kappa shape index (κ3) is 4.80. The van der Waals surface area contributed by atoms with Crippen LogP contribution in [-0.2, 0) is 4.79 Å². The van der Waals surface area contributed by atoms with Crippen LogP contribution in [0.2, 0.25) is 0 Å². The van der Waals surface area contributed by atoms with Crippen molar-refractivity contribution in [2.75, 3.05) is 31.4 Å². The summed E-state index contributed by atoms with van der Waals surface area (Å²) in [7, 11) is 3.16. The minimum atomic E-state index is -0.579. The van der Waals surface area contributed by atoms with Crippen molar-refractivity contribution in [3.8, 4) is 22.1 Å². The zero-order valence-electron chi connectivity index (χ0n) is 17.7. The summed E-state index contributed by atoms with van der Waals surface area (Å²) in [6, 6.07) is 13.6. The molecule has 3 aromatic rings. The van der Waals surface area contributed by atoms with Gasteiger partial charge in [-0.25, -0.2) is 4.79 Å². The van der Waals surface area contributed by atoms with Crippen molar-refractivity contribution in [3.05, 3.63) is 48.5 Å². The van der Waals surface area contributed by atoms with Crippen molar-refractivity contribution in [3.63, 3.8) is 0 Å². The van der Waals surface area contributed by atoms with E-state index in [1.165, 1.54) is 11.3 Å². The maximum atomic E-state index is 12.9. The topological polar surface area (TPSA) is 106 Å². The average Bonchev–Trinajstić information content (AvgIpc) is 3.49. The van der Waals surface area contributed by atoms with E-state index in [4.69, 9.17) is 9.47 Å². The van der Waals surface area contributed by atoms with Gasteiger partial charge in [-0.1, -0.05) is 29.5 Å². The second-order valence-corrected chi connectivity index (χ2v) is 8.12. The first-order chi connectivity index (χ1) is 15.6. The fourth-order valence-corrected chi connectivity index (χ4v) is 4.26. The molecular weight excluding hydrogens is 430 g/mol. The van der Waals surface area contributed by atoms with Gasteiger partial charge in [-0.3, -0.25) is 10.1 Å². The van der Waals surface area contributed by atoms with Gasteiger partial charge in [0.25, 0.3) is 0 Å². The summed E-state index contributed by atoms with van der Waals surface area (Å²) in [6.45, 7) is 0.499. The lowest BCUT2D eigenvalue weighted by atomic mass is 10.2. The third-order valence-corrected chi connectivity index (χ3v) is 6.00. The van der Waals surface area contributed by atoms with Crippen molar-refractivity contribution >= 4 is 34.1 Å². The molecule has 1 atom stereocenters. The zero-order chi connectivity index (χ0) is 22.5. The standard InChI is InChI=1S/C22H23N5O4S/c1-30-16-8-3-6-14(12-16)20-25-26-21(32-20)24-19(28)18-10-5-11-27(18)22(29)23-15-7-4-9-17(13-15)31-2/h3-4,6-9,12-13,18H,5,10-11H2,1-2H3,(H,23,29)(H,24,26,28). The van der Waals surface area contributed by atoms with E-state index in [9.17, 15) is 9.59 Å². The molecule has 2 N–H and O–H groups in total. The smallest absolute Gasteiger partial charge is 0.322 e. The number of hydrogen-bond donors (Lipinski definition) is 2. The maximum Gasteiger partial charge on any atom is 0.322 e. The van der Waals surface area contributed by atoms with Gasteiger partial charge in [0.05, 0.1) is 14.2 Å². The van der Waals surface area contributed by atoms with E-state index < -0.39 is 6.04 Å². The van der Waals surface area contributed by atoms with Gasteiger partial charge in [0.2, 0.25) is 11.0 Å². The van der Waals surface area contributed by atoms with E-state index in [1.807, 2.05) is 24.3 Å². The third-order valence-electron chi connectivity index (χ3n) is 5.11. The van der Waals surface area contributed by atoms with Crippen LogP contribution in [0, 0.1) is 0 Å². The highest BCUT2D eigenvalue weighted by Crippen LogP contribution is 2.29. The summed E-state index contributed by atoms with van der Waals surface area (Å²) in [6.07, 6.45) is 1.33. The molecule has 1 aromatic heterocycles. The Labute approximate surface area is 189 Å². The molecule has 10 heteroatoms. The number of amides is 3. The Balaban J connectivity index is 1.41. The lowest BCUT2D eigenvalue weighted by Gasteiger charge is -2.23. The fourth-order valence-electron chi connectivity index (χ4n) is 3.51. The molecule has 0 bridgehead atoms. The molecule has 1 aliphatic heterocycles. The molecule has 0 radical (unpaired) electrons. The number of benzene rings is 2. The summed E-state index contributed by atoms with van der Waals surface area (Å²) < 4.78 is 10.4. The van der Waals surface area contributed by atoms with Crippen LogP contribution in [0.3, 0.4) is 0 Å². The molecule has 1 aliphatic rings. The fraction of sp³-hybridized carbons (Fsp3) is 0.273. The van der Waals surface area contributed by atoms with E-state index in [0.717, 1.165) is 12.0 Å². The summed E-state index contributed by atoms with van der Waals surface area (Å²) in [5, 5.41) is 14.9. The number of likely N-dealkylation sites (tertiary alicyclic amines) is 1. The zero-order valence-corrected chi connectivity index (χ0v) is 18.5. The van der Waals surface area contributed by atoms with Gasteiger partial charge in [-0.2, -0.15) is 0 Å². The lowest BCUT2D eigenvalue weighted by molar-refractivity contribution is -0.119. The second kappa shape index (κ2) is 9.65. The van der Waals surface area contributed by atoms with E-state index >= 15 is 0 Å². The Hall–Kier alpha value is -3.66. The molecular formula is C22H23N5O4S. The van der Waals surface area contributed by atoms with Crippen molar-refractivity contribution in [1.82, 2.24) is 15.1 Å². The van der Waals surface area contributed by atoms with Crippen LogP contribution in [-0.4, -0.2) is 53.8 Å². The van der Waals surface area contributed by atoms with Gasteiger partial charge in [-0.15, -0.1) is 10.2 Å². The number of aromatic nitrogens is 2. The number of methoxy groups -OCH3 is 2. The van der Waals surface area contributed by atoms with Crippen LogP contribution in [0.25, 0.3) is 10.6 Å². The van der Waals surface area contributed by atoms with Crippen LogP contribution < -0.4 is 20.1 Å². The van der Waals surface area contributed by atoms with Gasteiger partial charge in [-0.05, 0) is 37.1 Å². The number of urea groups is 1. The molecule has 0 aliphatic carbocycles. The molecule has 1 unspecified atom stereocenters. The molecule has 0 spiro atoms. The van der Waals surface area contributed by atoms with Crippen molar-refractivity contribution in [2.45, 2.75) is 18.9 Å².